The number of aliphatic imine (C=N–C) groups is 1. The van der Waals surface area contributed by atoms with Gasteiger partial charge in [0.15, 0.2) is 5.60 Å². The fraction of sp³-hybridized carbons (Fsp3) is 0.0476. The first-order valence-electron chi connectivity index (χ1n) is 8.54. The van der Waals surface area contributed by atoms with Crippen molar-refractivity contribution in [1.29, 1.82) is 0 Å². The zero-order valence-corrected chi connectivity index (χ0v) is 17.1. The van der Waals surface area contributed by atoms with Crippen LogP contribution >= 0.6 is 35.4 Å². The Kier molecular flexibility index (Phi) is 4.07. The fourth-order valence-corrected chi connectivity index (χ4v) is 4.28. The minimum atomic E-state index is -1.45. The van der Waals surface area contributed by atoms with Gasteiger partial charge in [0.2, 0.25) is 0 Å². The van der Waals surface area contributed by atoms with Crippen LogP contribution in [0.3, 0.4) is 0 Å². The fourth-order valence-electron chi connectivity index (χ4n) is 3.85. The molecule has 3 aromatic carbocycles. The highest BCUT2D eigenvalue weighted by molar-refractivity contribution is 7.78. The van der Waals surface area contributed by atoms with Gasteiger partial charge >= 0.3 is 5.97 Å². The topological polar surface area (TPSA) is 88.4 Å². The van der Waals surface area contributed by atoms with Crippen LogP contribution in [0.2, 0.25) is 10.0 Å². The molecule has 0 fully saturated rings. The minimum Gasteiger partial charge on any atom is -0.506 e. The molecule has 2 heterocycles. The summed E-state index contributed by atoms with van der Waals surface area (Å²) in [6.07, 6.45) is 0. The van der Waals surface area contributed by atoms with Crippen LogP contribution in [-0.2, 0) is 10.3 Å². The van der Waals surface area contributed by atoms with Crippen molar-refractivity contribution in [3.8, 4) is 23.0 Å². The SMILES string of the molecule is O=C1OC2(c3cc(Cl)c(O)cc3Oc3cc(O)c(Cl)cc32)c2ccc(N=C=S)cc21. The van der Waals surface area contributed by atoms with Gasteiger partial charge in [0.1, 0.15) is 23.0 Å². The van der Waals surface area contributed by atoms with Crippen molar-refractivity contribution in [1.82, 2.24) is 0 Å². The van der Waals surface area contributed by atoms with Gasteiger partial charge in [-0.1, -0.05) is 29.3 Å². The largest absolute Gasteiger partial charge is 0.506 e. The van der Waals surface area contributed by atoms with Gasteiger partial charge in [0, 0.05) is 28.8 Å². The highest BCUT2D eigenvalue weighted by Gasteiger charge is 2.54. The number of halogens is 2. The van der Waals surface area contributed by atoms with Crippen LogP contribution in [0.4, 0.5) is 5.69 Å². The number of esters is 1. The monoisotopic (exact) mass is 457 g/mol. The maximum absolute atomic E-state index is 12.9. The van der Waals surface area contributed by atoms with Crippen LogP contribution in [0.15, 0.2) is 47.5 Å². The van der Waals surface area contributed by atoms with Crippen molar-refractivity contribution in [2.45, 2.75) is 5.60 Å². The number of phenols is 2. The number of fused-ring (bicyclic) bond motifs is 6. The molecule has 0 aromatic heterocycles. The van der Waals surface area contributed by atoms with E-state index in [1.165, 1.54) is 24.3 Å². The molecule has 0 radical (unpaired) electrons. The van der Waals surface area contributed by atoms with E-state index in [1.807, 2.05) is 0 Å². The number of hydrogen-bond donors (Lipinski definition) is 2. The summed E-state index contributed by atoms with van der Waals surface area (Å²) in [5, 5.41) is 22.5. The van der Waals surface area contributed by atoms with E-state index in [4.69, 9.17) is 32.7 Å². The van der Waals surface area contributed by atoms with Gasteiger partial charge in [0.25, 0.3) is 0 Å². The van der Waals surface area contributed by atoms with Crippen LogP contribution < -0.4 is 4.74 Å². The minimum absolute atomic E-state index is 0.0523. The molecule has 0 atom stereocenters. The third-order valence-corrected chi connectivity index (χ3v) is 5.80. The number of carbonyl (C=O) groups excluding carboxylic acids is 1. The molecule has 2 aliphatic heterocycles. The summed E-state index contributed by atoms with van der Waals surface area (Å²) < 4.78 is 11.8. The average molecular weight is 458 g/mol. The number of rotatable bonds is 1. The number of carbonyl (C=O) groups is 1. The lowest BCUT2D eigenvalue weighted by molar-refractivity contribution is 0.0224. The quantitative estimate of drug-likeness (QED) is 0.276. The Labute approximate surface area is 184 Å². The summed E-state index contributed by atoms with van der Waals surface area (Å²) in [7, 11) is 0. The van der Waals surface area contributed by atoms with E-state index in [-0.39, 0.29) is 38.6 Å². The molecule has 2 aliphatic rings. The van der Waals surface area contributed by atoms with Crippen LogP contribution in [0, 0.1) is 0 Å². The molecule has 3 aromatic rings. The summed E-state index contributed by atoms with van der Waals surface area (Å²) >= 11 is 17.0. The second-order valence-corrected chi connectivity index (χ2v) is 7.70. The standard InChI is InChI=1S/C21H9Cl2NO5S/c22-14-4-12-18(6-16(14)25)28-19-7-17(26)15(23)5-13(19)21(12)11-2-1-9(24-8-30)3-10(11)20(27)29-21/h1-7,25-26H. The van der Waals surface area contributed by atoms with Crippen molar-refractivity contribution < 1.29 is 24.5 Å². The number of nitrogens with zero attached hydrogens (tertiary/aromatic N) is 1. The molecule has 0 saturated carbocycles. The van der Waals surface area contributed by atoms with Crippen LogP contribution in [0.25, 0.3) is 0 Å². The number of benzene rings is 3. The second-order valence-electron chi connectivity index (χ2n) is 6.71. The normalized spacial score (nSPS) is 14.8. The van der Waals surface area contributed by atoms with Gasteiger partial charge in [-0.15, -0.1) is 0 Å². The second kappa shape index (κ2) is 6.45. The van der Waals surface area contributed by atoms with Crippen molar-refractivity contribution in [3.63, 3.8) is 0 Å². The first-order valence-corrected chi connectivity index (χ1v) is 9.71. The van der Waals surface area contributed by atoms with Gasteiger partial charge in [0.05, 0.1) is 26.5 Å². The molecule has 0 saturated heterocycles. The number of isothiocyanates is 1. The number of ether oxygens (including phenoxy) is 2. The molecule has 5 rings (SSSR count). The zero-order chi connectivity index (χ0) is 21.2. The summed E-state index contributed by atoms with van der Waals surface area (Å²) in [6.45, 7) is 0. The maximum Gasteiger partial charge on any atom is 0.340 e. The van der Waals surface area contributed by atoms with E-state index in [2.05, 4.69) is 22.4 Å². The average Bonchev–Trinajstić information content (AvgIpc) is 2.99. The molecule has 1 spiro atoms. The van der Waals surface area contributed by atoms with Crippen LogP contribution in [0.5, 0.6) is 23.0 Å². The number of phenolic OH excluding ortho intramolecular Hbond substituents is 2. The predicted molar refractivity (Wildman–Crippen MR) is 113 cm³/mol. The maximum atomic E-state index is 12.9. The van der Waals surface area contributed by atoms with Crippen molar-refractivity contribution in [3.05, 3.63) is 74.8 Å². The Bertz CT molecular complexity index is 1280. The van der Waals surface area contributed by atoms with E-state index in [9.17, 15) is 15.0 Å². The Morgan fingerprint density at radius 2 is 1.53 bits per heavy atom. The highest BCUT2D eigenvalue weighted by Crippen LogP contribution is 2.58. The third-order valence-electron chi connectivity index (χ3n) is 5.10. The molecule has 30 heavy (non-hydrogen) atoms. The number of thiocarbonyl (C=S) groups is 1. The van der Waals surface area contributed by atoms with E-state index in [0.29, 0.717) is 22.4 Å². The molecule has 0 amide bonds. The van der Waals surface area contributed by atoms with E-state index in [0.717, 1.165) is 0 Å². The summed E-state index contributed by atoms with van der Waals surface area (Å²) in [4.78, 5) is 16.8. The van der Waals surface area contributed by atoms with Crippen molar-refractivity contribution in [2.24, 2.45) is 4.99 Å². The molecule has 2 N–H and O–H groups in total. The Balaban J connectivity index is 1.90. The van der Waals surface area contributed by atoms with Crippen LogP contribution in [-0.4, -0.2) is 21.3 Å². The van der Waals surface area contributed by atoms with E-state index < -0.39 is 11.6 Å². The highest BCUT2D eigenvalue weighted by atomic mass is 35.5. The molecule has 6 nitrogen and oxygen atoms in total. The summed E-state index contributed by atoms with van der Waals surface area (Å²) in [5.41, 5.74) is 0.566. The molecular weight excluding hydrogens is 449 g/mol. The lowest BCUT2D eigenvalue weighted by Crippen LogP contribution is -2.33. The molecule has 148 valence electrons. The third kappa shape index (κ3) is 2.47. The molecular formula is C21H9Cl2NO5S. The number of hydrogen-bond acceptors (Lipinski definition) is 7. The summed E-state index contributed by atoms with van der Waals surface area (Å²) in [5.74, 6) is -0.580. The van der Waals surface area contributed by atoms with Crippen LogP contribution in [0.1, 0.15) is 27.0 Å². The smallest absolute Gasteiger partial charge is 0.340 e. The summed E-state index contributed by atoms with van der Waals surface area (Å²) in [6, 6.07) is 10.5. The molecule has 0 aliphatic carbocycles. The first kappa shape index (κ1) is 18.9. The zero-order valence-electron chi connectivity index (χ0n) is 14.8. The molecule has 9 heteroatoms. The lowest BCUT2D eigenvalue weighted by atomic mass is 9.77. The predicted octanol–water partition coefficient (Wildman–Crippen LogP) is 5.71. The molecule has 0 unspecified atom stereocenters. The van der Waals surface area contributed by atoms with Crippen molar-refractivity contribution >= 4 is 52.2 Å². The van der Waals surface area contributed by atoms with Gasteiger partial charge in [-0.3, -0.25) is 0 Å². The van der Waals surface area contributed by atoms with Crippen molar-refractivity contribution in [2.75, 3.05) is 0 Å². The van der Waals surface area contributed by atoms with Gasteiger partial charge in [-0.2, -0.15) is 4.99 Å². The Hall–Kier alpha value is -3.09. The Morgan fingerprint density at radius 1 is 0.933 bits per heavy atom. The Morgan fingerprint density at radius 3 is 2.10 bits per heavy atom. The van der Waals surface area contributed by atoms with E-state index in [1.54, 1.807) is 18.2 Å². The van der Waals surface area contributed by atoms with Gasteiger partial charge < -0.3 is 19.7 Å². The van der Waals surface area contributed by atoms with E-state index >= 15 is 0 Å². The molecule has 0 bridgehead atoms. The van der Waals surface area contributed by atoms with Gasteiger partial charge in [-0.05, 0) is 36.5 Å². The van der Waals surface area contributed by atoms with Gasteiger partial charge in [-0.25, -0.2) is 4.79 Å². The lowest BCUT2D eigenvalue weighted by Gasteiger charge is -2.36. The number of aromatic hydroxyl groups is 2. The first-order chi connectivity index (χ1) is 14.3.